The second-order valence-corrected chi connectivity index (χ2v) is 10.3. The van der Waals surface area contributed by atoms with Crippen molar-refractivity contribution in [2.75, 3.05) is 26.3 Å². The molecule has 8 heteroatoms. The first-order chi connectivity index (χ1) is 17.4. The molecule has 1 fully saturated rings. The Labute approximate surface area is 223 Å². The van der Waals surface area contributed by atoms with Gasteiger partial charge in [0.2, 0.25) is 0 Å². The van der Waals surface area contributed by atoms with Gasteiger partial charge < -0.3 is 19.1 Å². The highest BCUT2D eigenvalue weighted by atomic mass is 35.5. The van der Waals surface area contributed by atoms with Crippen LogP contribution in [0.3, 0.4) is 0 Å². The molecule has 0 amide bonds. The maximum absolute atomic E-state index is 11.2. The second-order valence-electron chi connectivity index (χ2n) is 9.46. The lowest BCUT2D eigenvalue weighted by atomic mass is 9.96. The minimum atomic E-state index is -0.862. The molecule has 2 heterocycles. The molecule has 1 aliphatic rings. The van der Waals surface area contributed by atoms with Crippen molar-refractivity contribution in [3.05, 3.63) is 76.3 Å². The van der Waals surface area contributed by atoms with Crippen LogP contribution in [0.15, 0.2) is 54.9 Å². The fourth-order valence-corrected chi connectivity index (χ4v) is 4.88. The van der Waals surface area contributed by atoms with Crippen LogP contribution in [0, 0.1) is 0 Å². The number of imidazole rings is 1. The maximum atomic E-state index is 11.2. The van der Waals surface area contributed by atoms with E-state index >= 15 is 0 Å². The van der Waals surface area contributed by atoms with Gasteiger partial charge in [-0.2, -0.15) is 0 Å². The Kier molecular flexibility index (Phi) is 9.54. The minimum Gasteiger partial charge on any atom is -0.494 e. The molecule has 2 aromatic carbocycles. The Morgan fingerprint density at radius 3 is 2.72 bits per heavy atom. The van der Waals surface area contributed by atoms with E-state index in [1.165, 1.54) is 5.56 Å². The van der Waals surface area contributed by atoms with Crippen LogP contribution in [0.2, 0.25) is 10.0 Å². The molecule has 0 bridgehead atoms. The van der Waals surface area contributed by atoms with Crippen LogP contribution in [0.1, 0.15) is 44.0 Å². The highest BCUT2D eigenvalue weighted by Crippen LogP contribution is 2.29. The lowest BCUT2D eigenvalue weighted by Crippen LogP contribution is -2.37. The molecule has 3 aromatic rings. The molecule has 36 heavy (non-hydrogen) atoms. The van der Waals surface area contributed by atoms with Gasteiger partial charge in [-0.05, 0) is 62.1 Å². The van der Waals surface area contributed by atoms with Crippen LogP contribution in [0.4, 0.5) is 0 Å². The van der Waals surface area contributed by atoms with Crippen molar-refractivity contribution in [3.8, 4) is 11.5 Å². The molecule has 6 nitrogen and oxygen atoms in total. The van der Waals surface area contributed by atoms with Gasteiger partial charge in [0.25, 0.3) is 0 Å². The van der Waals surface area contributed by atoms with E-state index in [9.17, 15) is 5.11 Å². The third-order valence-electron chi connectivity index (χ3n) is 6.64. The van der Waals surface area contributed by atoms with Crippen LogP contribution >= 0.6 is 23.2 Å². The number of ether oxygens (including phenoxy) is 2. The SMILES string of the molecule is CCc1nccn1CCCOc1cccc(CN2CCCC(O)(COc3ccc(Cl)c(Cl)c3)CC2)c1. The largest absolute Gasteiger partial charge is 0.494 e. The average molecular weight is 533 g/mol. The zero-order chi connectivity index (χ0) is 25.4. The van der Waals surface area contributed by atoms with Crippen molar-refractivity contribution in [2.24, 2.45) is 0 Å². The van der Waals surface area contributed by atoms with Crippen molar-refractivity contribution in [2.45, 2.75) is 57.7 Å². The number of halogens is 2. The summed E-state index contributed by atoms with van der Waals surface area (Å²) in [5, 5.41) is 12.1. The van der Waals surface area contributed by atoms with Crippen LogP contribution in [0.25, 0.3) is 0 Å². The van der Waals surface area contributed by atoms with E-state index < -0.39 is 5.60 Å². The Morgan fingerprint density at radius 2 is 1.89 bits per heavy atom. The second kappa shape index (κ2) is 12.8. The monoisotopic (exact) mass is 531 g/mol. The quantitative estimate of drug-likeness (QED) is 0.306. The molecule has 0 spiro atoms. The third-order valence-corrected chi connectivity index (χ3v) is 7.38. The van der Waals surface area contributed by atoms with Crippen molar-refractivity contribution in [3.63, 3.8) is 0 Å². The molecular formula is C28H35Cl2N3O3. The van der Waals surface area contributed by atoms with Gasteiger partial charge in [-0.1, -0.05) is 42.3 Å². The van der Waals surface area contributed by atoms with Gasteiger partial charge in [0.1, 0.15) is 23.9 Å². The van der Waals surface area contributed by atoms with E-state index in [4.69, 9.17) is 32.7 Å². The number of likely N-dealkylation sites (tertiary alicyclic amines) is 1. The number of aliphatic hydroxyl groups is 1. The highest BCUT2D eigenvalue weighted by molar-refractivity contribution is 6.42. The zero-order valence-electron chi connectivity index (χ0n) is 20.8. The van der Waals surface area contributed by atoms with E-state index in [1.807, 2.05) is 18.5 Å². The van der Waals surface area contributed by atoms with Crippen molar-refractivity contribution in [1.29, 1.82) is 0 Å². The first-order valence-electron chi connectivity index (χ1n) is 12.7. The molecule has 0 saturated carbocycles. The topological polar surface area (TPSA) is 59.8 Å². The predicted molar refractivity (Wildman–Crippen MR) is 144 cm³/mol. The summed E-state index contributed by atoms with van der Waals surface area (Å²) in [6.45, 7) is 6.50. The lowest BCUT2D eigenvalue weighted by Gasteiger charge is -2.27. The Bertz CT molecular complexity index is 1120. The minimum absolute atomic E-state index is 0.237. The molecule has 1 aliphatic heterocycles. The Morgan fingerprint density at radius 1 is 1.03 bits per heavy atom. The summed E-state index contributed by atoms with van der Waals surface area (Å²) in [6.07, 6.45) is 8.02. The van der Waals surface area contributed by atoms with Crippen LogP contribution < -0.4 is 9.47 Å². The van der Waals surface area contributed by atoms with Gasteiger partial charge in [-0.3, -0.25) is 4.90 Å². The van der Waals surface area contributed by atoms with Gasteiger partial charge in [0, 0.05) is 44.5 Å². The Balaban J connectivity index is 1.23. The number of nitrogens with zero attached hydrogens (tertiary/aromatic N) is 3. The summed E-state index contributed by atoms with van der Waals surface area (Å²) in [5.74, 6) is 2.63. The van der Waals surface area contributed by atoms with Crippen molar-refractivity contribution >= 4 is 23.2 Å². The Hall–Kier alpha value is -2.25. The highest BCUT2D eigenvalue weighted by Gasteiger charge is 2.31. The number of aryl methyl sites for hydroxylation is 2. The smallest absolute Gasteiger partial charge is 0.121 e. The van der Waals surface area contributed by atoms with Crippen LogP contribution in [-0.4, -0.2) is 51.5 Å². The molecule has 194 valence electrons. The maximum Gasteiger partial charge on any atom is 0.121 e. The average Bonchev–Trinajstić information content (AvgIpc) is 3.25. The molecule has 4 rings (SSSR count). The molecule has 1 aromatic heterocycles. The fourth-order valence-electron chi connectivity index (χ4n) is 4.60. The van der Waals surface area contributed by atoms with Gasteiger partial charge in [0.05, 0.1) is 22.3 Å². The summed E-state index contributed by atoms with van der Waals surface area (Å²) >= 11 is 12.1. The van der Waals surface area contributed by atoms with E-state index in [-0.39, 0.29) is 6.61 Å². The van der Waals surface area contributed by atoms with Gasteiger partial charge in [-0.15, -0.1) is 0 Å². The first-order valence-corrected chi connectivity index (χ1v) is 13.4. The first kappa shape index (κ1) is 26.8. The third kappa shape index (κ3) is 7.62. The lowest BCUT2D eigenvalue weighted by molar-refractivity contribution is -0.0168. The van der Waals surface area contributed by atoms with E-state index in [0.29, 0.717) is 35.2 Å². The number of hydrogen-bond acceptors (Lipinski definition) is 5. The molecule has 1 N–H and O–H groups in total. The van der Waals surface area contributed by atoms with E-state index in [0.717, 1.165) is 57.0 Å². The van der Waals surface area contributed by atoms with Gasteiger partial charge >= 0.3 is 0 Å². The normalized spacial score (nSPS) is 18.7. The predicted octanol–water partition coefficient (Wildman–Crippen LogP) is 6.02. The fraction of sp³-hybridized carbons (Fsp3) is 0.464. The van der Waals surface area contributed by atoms with Gasteiger partial charge in [-0.25, -0.2) is 4.98 Å². The van der Waals surface area contributed by atoms with Crippen molar-refractivity contribution < 1.29 is 14.6 Å². The standard InChI is InChI=1S/C28H35Cl2N3O3/c1-2-27-31-12-16-33(27)14-5-17-35-23-7-3-6-22(18-23)20-32-13-4-10-28(34,11-15-32)21-36-24-8-9-25(29)26(30)19-24/h3,6-9,12,16,18-19,34H,2,4-5,10-11,13-15,17,20-21H2,1H3. The summed E-state index contributed by atoms with van der Waals surface area (Å²) in [7, 11) is 0. The molecular weight excluding hydrogens is 497 g/mol. The van der Waals surface area contributed by atoms with Crippen LogP contribution in [0.5, 0.6) is 11.5 Å². The van der Waals surface area contributed by atoms with E-state index in [1.54, 1.807) is 18.2 Å². The zero-order valence-corrected chi connectivity index (χ0v) is 22.3. The molecule has 1 atom stereocenters. The number of benzene rings is 2. The summed E-state index contributed by atoms with van der Waals surface area (Å²) < 4.78 is 14.1. The number of aromatic nitrogens is 2. The molecule has 0 aliphatic carbocycles. The summed E-state index contributed by atoms with van der Waals surface area (Å²) in [4.78, 5) is 6.76. The van der Waals surface area contributed by atoms with Crippen molar-refractivity contribution in [1.82, 2.24) is 14.5 Å². The number of rotatable bonds is 11. The molecule has 1 unspecified atom stereocenters. The van der Waals surface area contributed by atoms with E-state index in [2.05, 4.69) is 39.6 Å². The summed E-state index contributed by atoms with van der Waals surface area (Å²) in [5.41, 5.74) is 0.353. The summed E-state index contributed by atoms with van der Waals surface area (Å²) in [6, 6.07) is 13.5. The number of hydrogen-bond donors (Lipinski definition) is 1. The molecule has 1 saturated heterocycles. The molecule has 0 radical (unpaired) electrons. The van der Waals surface area contributed by atoms with Crippen LogP contribution in [-0.2, 0) is 19.5 Å². The van der Waals surface area contributed by atoms with Gasteiger partial charge in [0.15, 0.2) is 0 Å².